The Labute approximate surface area is 137 Å². The third-order valence-electron chi connectivity index (χ3n) is 4.73. The molecule has 124 valence electrons. The highest BCUT2D eigenvalue weighted by atomic mass is 16.5. The molecule has 3 rings (SSSR count). The van der Waals surface area contributed by atoms with Crippen molar-refractivity contribution in [2.75, 3.05) is 25.7 Å². The van der Waals surface area contributed by atoms with Gasteiger partial charge in [0.15, 0.2) is 6.23 Å². The van der Waals surface area contributed by atoms with Crippen LogP contribution in [0.5, 0.6) is 0 Å². The van der Waals surface area contributed by atoms with E-state index in [0.717, 1.165) is 23.8 Å². The van der Waals surface area contributed by atoms with Gasteiger partial charge in [-0.05, 0) is 49.0 Å². The monoisotopic (exact) mass is 315 g/mol. The highest BCUT2D eigenvalue weighted by molar-refractivity contribution is 5.94. The van der Waals surface area contributed by atoms with Crippen molar-refractivity contribution in [2.45, 2.75) is 32.4 Å². The second-order valence-electron chi connectivity index (χ2n) is 6.35. The summed E-state index contributed by atoms with van der Waals surface area (Å²) in [6.45, 7) is 5.13. The van der Waals surface area contributed by atoms with Crippen molar-refractivity contribution < 1.29 is 9.84 Å². The largest absolute Gasteiger partial charge is 0.479 e. The maximum atomic E-state index is 10.5. The van der Waals surface area contributed by atoms with E-state index in [9.17, 15) is 5.11 Å². The lowest BCUT2D eigenvalue weighted by Crippen LogP contribution is -2.38. The van der Waals surface area contributed by atoms with E-state index in [2.05, 4.69) is 24.2 Å². The number of ether oxygens (including phenoxy) is 1. The fourth-order valence-corrected chi connectivity index (χ4v) is 2.99. The number of likely N-dealkylation sites (N-methyl/N-ethyl adjacent to an activating group) is 1. The normalized spacial score (nSPS) is 26.5. The molecule has 3 atom stereocenters. The van der Waals surface area contributed by atoms with Crippen molar-refractivity contribution in [1.29, 1.82) is 0 Å². The summed E-state index contributed by atoms with van der Waals surface area (Å²) in [7, 11) is 3.56. The molecule has 0 spiro atoms. The fraction of sp³-hybridized carbons (Fsp3) is 0.500. The molecule has 1 heterocycles. The van der Waals surface area contributed by atoms with Crippen LogP contribution in [0.2, 0.25) is 0 Å². The van der Waals surface area contributed by atoms with Crippen LogP contribution in [0.3, 0.4) is 0 Å². The van der Waals surface area contributed by atoms with Crippen LogP contribution in [-0.4, -0.2) is 42.8 Å². The zero-order valence-electron chi connectivity index (χ0n) is 14.2. The van der Waals surface area contributed by atoms with Gasteiger partial charge in [0, 0.05) is 13.6 Å². The zero-order valence-corrected chi connectivity index (χ0v) is 14.2. The van der Waals surface area contributed by atoms with Crippen molar-refractivity contribution in [3.63, 3.8) is 0 Å². The average molecular weight is 315 g/mol. The maximum Gasteiger partial charge on any atom is 0.254 e. The maximum absolute atomic E-state index is 10.5. The summed E-state index contributed by atoms with van der Waals surface area (Å²) in [6, 6.07) is 8.28. The van der Waals surface area contributed by atoms with Crippen molar-refractivity contribution in [3.8, 4) is 0 Å². The van der Waals surface area contributed by atoms with Gasteiger partial charge in [0.25, 0.3) is 5.90 Å². The van der Waals surface area contributed by atoms with Gasteiger partial charge in [-0.2, -0.15) is 0 Å². The van der Waals surface area contributed by atoms with E-state index in [1.165, 1.54) is 12.0 Å². The Bertz CT molecular complexity index is 641. The molecular formula is C18H25N3O2. The number of aliphatic hydroxyl groups excluding tert-OH is 1. The number of rotatable bonds is 4. The molecule has 2 unspecified atom stereocenters. The first kappa shape index (κ1) is 15.9. The minimum atomic E-state index is -0.801. The smallest absolute Gasteiger partial charge is 0.254 e. The van der Waals surface area contributed by atoms with E-state index in [4.69, 9.17) is 4.74 Å². The van der Waals surface area contributed by atoms with Crippen LogP contribution in [0, 0.1) is 5.92 Å². The summed E-state index contributed by atoms with van der Waals surface area (Å²) in [5.74, 6) is 1.91. The minimum absolute atomic E-state index is 0.518. The standard InChI is InChI=1S/C18H25N3O2/c1-5-20(3)16-11-17(22)21(19-18(16)23-4)14-8-6-7-13(10-14)15-9-12(15)2/h6-8,10-12,15,17,22H,5,9H2,1-4H3/t12?,15-,17?/m0/s1. The van der Waals surface area contributed by atoms with Crippen molar-refractivity contribution >= 4 is 11.6 Å². The lowest BCUT2D eigenvalue weighted by atomic mass is 10.1. The van der Waals surface area contributed by atoms with Gasteiger partial charge in [-0.3, -0.25) is 0 Å². The van der Waals surface area contributed by atoms with Gasteiger partial charge < -0.3 is 14.7 Å². The molecule has 2 aliphatic rings. The molecule has 1 fully saturated rings. The summed E-state index contributed by atoms with van der Waals surface area (Å²) in [4.78, 5) is 2.01. The highest BCUT2D eigenvalue weighted by Gasteiger charge is 2.34. The highest BCUT2D eigenvalue weighted by Crippen LogP contribution is 2.47. The van der Waals surface area contributed by atoms with Crippen LogP contribution in [0.15, 0.2) is 41.1 Å². The van der Waals surface area contributed by atoms with Crippen LogP contribution in [-0.2, 0) is 4.74 Å². The third kappa shape index (κ3) is 3.06. The Morgan fingerprint density at radius 1 is 1.43 bits per heavy atom. The molecule has 1 aliphatic carbocycles. The molecule has 1 N–H and O–H groups in total. The van der Waals surface area contributed by atoms with Crippen molar-refractivity contribution in [1.82, 2.24) is 4.90 Å². The number of benzene rings is 1. The molecule has 1 aromatic rings. The summed E-state index contributed by atoms with van der Waals surface area (Å²) in [5, 5.41) is 16.6. The second-order valence-corrected chi connectivity index (χ2v) is 6.35. The molecule has 0 radical (unpaired) electrons. The molecule has 0 aromatic heterocycles. The molecule has 0 bridgehead atoms. The van der Waals surface area contributed by atoms with E-state index in [1.54, 1.807) is 18.2 Å². The van der Waals surface area contributed by atoms with E-state index < -0.39 is 6.23 Å². The average Bonchev–Trinajstić information content (AvgIpc) is 3.30. The Balaban J connectivity index is 1.89. The van der Waals surface area contributed by atoms with Crippen molar-refractivity contribution in [3.05, 3.63) is 41.6 Å². The summed E-state index contributed by atoms with van der Waals surface area (Å²) < 4.78 is 5.42. The first-order valence-corrected chi connectivity index (χ1v) is 8.18. The molecule has 0 saturated heterocycles. The predicted molar refractivity (Wildman–Crippen MR) is 92.3 cm³/mol. The SMILES string of the molecule is CCN(C)C1=CC(O)N(c2cccc([C@H]3CC3C)c2)N=C1OC. The van der Waals surface area contributed by atoms with Gasteiger partial charge in [-0.25, -0.2) is 5.01 Å². The quantitative estimate of drug-likeness (QED) is 0.928. The molecule has 5 heteroatoms. The number of nitrogens with zero attached hydrogens (tertiary/aromatic N) is 3. The van der Waals surface area contributed by atoms with Gasteiger partial charge in [0.1, 0.15) is 5.70 Å². The number of methoxy groups -OCH3 is 1. The van der Waals surface area contributed by atoms with Gasteiger partial charge in [0.05, 0.1) is 12.8 Å². The molecule has 0 amide bonds. The number of hydrogen-bond donors (Lipinski definition) is 1. The van der Waals surface area contributed by atoms with E-state index in [1.807, 2.05) is 31.0 Å². The van der Waals surface area contributed by atoms with E-state index >= 15 is 0 Å². The first-order chi connectivity index (χ1) is 11.0. The molecule has 1 aliphatic heterocycles. The van der Waals surface area contributed by atoms with Crippen LogP contribution < -0.4 is 5.01 Å². The van der Waals surface area contributed by atoms with Crippen LogP contribution in [0.25, 0.3) is 0 Å². The third-order valence-corrected chi connectivity index (χ3v) is 4.73. The zero-order chi connectivity index (χ0) is 16.6. The molecular weight excluding hydrogens is 290 g/mol. The fourth-order valence-electron chi connectivity index (χ4n) is 2.99. The van der Waals surface area contributed by atoms with E-state index in [0.29, 0.717) is 11.8 Å². The van der Waals surface area contributed by atoms with Gasteiger partial charge >= 0.3 is 0 Å². The van der Waals surface area contributed by atoms with Crippen LogP contribution in [0.4, 0.5) is 5.69 Å². The molecule has 5 nitrogen and oxygen atoms in total. The molecule has 1 saturated carbocycles. The number of aliphatic hydroxyl groups is 1. The Kier molecular flexibility index (Phi) is 4.31. The minimum Gasteiger partial charge on any atom is -0.479 e. The lowest BCUT2D eigenvalue weighted by molar-refractivity contribution is 0.207. The predicted octanol–water partition coefficient (Wildman–Crippen LogP) is 2.74. The molecule has 1 aromatic carbocycles. The first-order valence-electron chi connectivity index (χ1n) is 8.18. The Hall–Kier alpha value is -2.01. The van der Waals surface area contributed by atoms with Crippen molar-refractivity contribution in [2.24, 2.45) is 11.0 Å². The topological polar surface area (TPSA) is 48.3 Å². The Morgan fingerprint density at radius 3 is 2.78 bits per heavy atom. The summed E-state index contributed by atoms with van der Waals surface area (Å²) in [5.41, 5.74) is 3.01. The van der Waals surface area contributed by atoms with Crippen LogP contribution >= 0.6 is 0 Å². The number of hydrazone groups is 1. The van der Waals surface area contributed by atoms with Gasteiger partial charge in [0.2, 0.25) is 0 Å². The van der Waals surface area contributed by atoms with E-state index in [-0.39, 0.29) is 0 Å². The number of anilines is 1. The Morgan fingerprint density at radius 2 is 2.17 bits per heavy atom. The second kappa shape index (κ2) is 6.24. The van der Waals surface area contributed by atoms with Gasteiger partial charge in [-0.1, -0.05) is 19.1 Å². The molecule has 23 heavy (non-hydrogen) atoms. The van der Waals surface area contributed by atoms with Gasteiger partial charge in [-0.15, -0.1) is 5.10 Å². The number of hydrogen-bond acceptors (Lipinski definition) is 5. The lowest BCUT2D eigenvalue weighted by Gasteiger charge is -2.32. The summed E-state index contributed by atoms with van der Waals surface area (Å²) in [6.07, 6.45) is 2.22. The summed E-state index contributed by atoms with van der Waals surface area (Å²) >= 11 is 0. The van der Waals surface area contributed by atoms with Crippen LogP contribution in [0.1, 0.15) is 31.7 Å².